The number of nitrogens with two attached hydrogens (primary N) is 1. The zero-order valence-electron chi connectivity index (χ0n) is 11.5. The Morgan fingerprint density at radius 2 is 1.89 bits per heavy atom. The molecule has 0 heterocycles. The maximum Gasteiger partial charge on any atom is 0.337 e. The molecule has 0 saturated carbocycles. The van der Waals surface area contributed by atoms with Gasteiger partial charge in [-0.2, -0.15) is 0 Å². The number of carbonyl (C=O) groups is 1. The van der Waals surface area contributed by atoms with Crippen LogP contribution >= 0.6 is 12.4 Å². The molecular weight excluding hydrogens is 266 g/mol. The number of methoxy groups -OCH3 is 1. The minimum Gasteiger partial charge on any atom is -0.465 e. The average molecular weight is 288 g/mol. The van der Waals surface area contributed by atoms with Gasteiger partial charge < -0.3 is 15.6 Å². The van der Waals surface area contributed by atoms with Crippen LogP contribution in [-0.2, 0) is 4.74 Å². The summed E-state index contributed by atoms with van der Waals surface area (Å²) in [7, 11) is 1.34. The SMILES string of the molecule is CCC(C)[C@H](O)[C@H](N)c1ccc(C(=O)OC)cc1.Cl. The van der Waals surface area contributed by atoms with Crippen molar-refractivity contribution in [1.82, 2.24) is 0 Å². The van der Waals surface area contributed by atoms with Gasteiger partial charge in [-0.25, -0.2) is 4.79 Å². The smallest absolute Gasteiger partial charge is 0.337 e. The molecule has 4 nitrogen and oxygen atoms in total. The maximum absolute atomic E-state index is 11.3. The molecule has 1 aromatic carbocycles. The molecule has 0 amide bonds. The molecule has 108 valence electrons. The molecule has 0 aliphatic rings. The van der Waals surface area contributed by atoms with Crippen LogP contribution in [0.5, 0.6) is 0 Å². The molecule has 19 heavy (non-hydrogen) atoms. The van der Waals surface area contributed by atoms with E-state index >= 15 is 0 Å². The van der Waals surface area contributed by atoms with E-state index in [1.165, 1.54) is 7.11 Å². The van der Waals surface area contributed by atoms with Crippen molar-refractivity contribution in [1.29, 1.82) is 0 Å². The van der Waals surface area contributed by atoms with Gasteiger partial charge in [0.1, 0.15) is 0 Å². The molecule has 0 fully saturated rings. The zero-order chi connectivity index (χ0) is 13.7. The van der Waals surface area contributed by atoms with Crippen LogP contribution in [0.15, 0.2) is 24.3 Å². The molecule has 5 heteroatoms. The van der Waals surface area contributed by atoms with Crippen molar-refractivity contribution < 1.29 is 14.6 Å². The van der Waals surface area contributed by atoms with E-state index in [0.29, 0.717) is 5.56 Å². The normalized spacial score (nSPS) is 15.0. The maximum atomic E-state index is 11.3. The van der Waals surface area contributed by atoms with Crippen molar-refractivity contribution in [2.75, 3.05) is 7.11 Å². The van der Waals surface area contributed by atoms with Crippen molar-refractivity contribution in [3.8, 4) is 0 Å². The summed E-state index contributed by atoms with van der Waals surface area (Å²) in [5, 5.41) is 10.0. The molecule has 1 aromatic rings. The van der Waals surface area contributed by atoms with Gasteiger partial charge in [0.2, 0.25) is 0 Å². The van der Waals surface area contributed by atoms with E-state index in [9.17, 15) is 9.90 Å². The monoisotopic (exact) mass is 287 g/mol. The van der Waals surface area contributed by atoms with Gasteiger partial charge in [0.15, 0.2) is 0 Å². The van der Waals surface area contributed by atoms with Gasteiger partial charge in [-0.3, -0.25) is 0 Å². The second-order valence-corrected chi connectivity index (χ2v) is 4.52. The first kappa shape index (κ1) is 17.9. The predicted molar refractivity (Wildman–Crippen MR) is 77.4 cm³/mol. The van der Waals surface area contributed by atoms with E-state index in [4.69, 9.17) is 5.73 Å². The van der Waals surface area contributed by atoms with Gasteiger partial charge in [-0.15, -0.1) is 12.4 Å². The molecule has 0 spiro atoms. The summed E-state index contributed by atoms with van der Waals surface area (Å²) in [4.78, 5) is 11.3. The Labute approximate surface area is 120 Å². The van der Waals surface area contributed by atoms with Gasteiger partial charge in [-0.05, 0) is 23.6 Å². The van der Waals surface area contributed by atoms with Crippen molar-refractivity contribution in [3.63, 3.8) is 0 Å². The second kappa shape index (κ2) is 8.15. The first-order valence-corrected chi connectivity index (χ1v) is 6.13. The number of hydrogen-bond donors (Lipinski definition) is 2. The lowest BCUT2D eigenvalue weighted by Gasteiger charge is -2.24. The van der Waals surface area contributed by atoms with Gasteiger partial charge in [0, 0.05) is 0 Å². The summed E-state index contributed by atoms with van der Waals surface area (Å²) in [6.07, 6.45) is 0.286. The van der Waals surface area contributed by atoms with E-state index in [1.807, 2.05) is 13.8 Å². The highest BCUT2D eigenvalue weighted by molar-refractivity contribution is 5.89. The second-order valence-electron chi connectivity index (χ2n) is 4.52. The van der Waals surface area contributed by atoms with Gasteiger partial charge in [0.05, 0.1) is 24.8 Å². The Kier molecular flexibility index (Phi) is 7.68. The summed E-state index contributed by atoms with van der Waals surface area (Å²) in [5.41, 5.74) is 7.30. The molecule has 0 aliphatic carbocycles. The first-order valence-electron chi connectivity index (χ1n) is 6.13. The van der Waals surface area contributed by atoms with Crippen LogP contribution in [0.2, 0.25) is 0 Å². The van der Waals surface area contributed by atoms with E-state index in [-0.39, 0.29) is 24.3 Å². The summed E-state index contributed by atoms with van der Waals surface area (Å²) >= 11 is 0. The van der Waals surface area contributed by atoms with Crippen molar-refractivity contribution in [2.45, 2.75) is 32.4 Å². The van der Waals surface area contributed by atoms with Crippen LogP contribution in [0.3, 0.4) is 0 Å². The number of halogens is 1. The number of aliphatic hydroxyl groups excluding tert-OH is 1. The number of rotatable bonds is 5. The molecule has 3 N–H and O–H groups in total. The molecule has 0 saturated heterocycles. The number of carbonyl (C=O) groups excluding carboxylic acids is 1. The molecule has 0 aliphatic heterocycles. The quantitative estimate of drug-likeness (QED) is 0.815. The Morgan fingerprint density at radius 3 is 2.32 bits per heavy atom. The summed E-state index contributed by atoms with van der Waals surface area (Å²) in [6, 6.07) is 6.38. The third-order valence-corrected chi connectivity index (χ3v) is 3.31. The van der Waals surface area contributed by atoms with E-state index in [2.05, 4.69) is 4.74 Å². The van der Waals surface area contributed by atoms with Crippen LogP contribution < -0.4 is 5.73 Å². The standard InChI is InChI=1S/C14H21NO3.ClH/c1-4-9(2)13(16)12(15)10-5-7-11(8-6-10)14(17)18-3;/h5-9,12-13,16H,4,15H2,1-3H3;1H/t9?,12-,13+;/m1./s1. The fourth-order valence-corrected chi connectivity index (χ4v) is 1.75. The van der Waals surface area contributed by atoms with Crippen molar-refractivity contribution in [2.24, 2.45) is 11.7 Å². The van der Waals surface area contributed by atoms with Gasteiger partial charge >= 0.3 is 5.97 Å². The van der Waals surface area contributed by atoms with E-state index < -0.39 is 12.1 Å². The van der Waals surface area contributed by atoms with Crippen molar-refractivity contribution in [3.05, 3.63) is 35.4 Å². The van der Waals surface area contributed by atoms with Crippen LogP contribution in [0.25, 0.3) is 0 Å². The number of esters is 1. The third-order valence-electron chi connectivity index (χ3n) is 3.31. The summed E-state index contributed by atoms with van der Waals surface area (Å²) in [6.45, 7) is 3.98. The molecule has 1 rings (SSSR count). The van der Waals surface area contributed by atoms with E-state index in [1.54, 1.807) is 24.3 Å². The highest BCUT2D eigenvalue weighted by atomic mass is 35.5. The number of ether oxygens (including phenoxy) is 1. The summed E-state index contributed by atoms with van der Waals surface area (Å²) < 4.78 is 4.62. The minimum absolute atomic E-state index is 0. The number of aliphatic hydroxyl groups is 1. The van der Waals surface area contributed by atoms with Gasteiger partial charge in [0.25, 0.3) is 0 Å². The van der Waals surface area contributed by atoms with E-state index in [0.717, 1.165) is 12.0 Å². The Bertz CT molecular complexity index is 394. The molecule has 0 bridgehead atoms. The third kappa shape index (κ3) is 4.49. The van der Waals surface area contributed by atoms with Crippen molar-refractivity contribution >= 4 is 18.4 Å². The van der Waals surface area contributed by atoms with Crippen LogP contribution in [0, 0.1) is 5.92 Å². The molecule has 1 unspecified atom stereocenters. The predicted octanol–water partition coefficient (Wildman–Crippen LogP) is 2.30. The highest BCUT2D eigenvalue weighted by Crippen LogP contribution is 2.22. The fourth-order valence-electron chi connectivity index (χ4n) is 1.75. The summed E-state index contributed by atoms with van der Waals surface area (Å²) in [5.74, 6) is -0.238. The number of hydrogen-bond acceptors (Lipinski definition) is 4. The largest absolute Gasteiger partial charge is 0.465 e. The van der Waals surface area contributed by atoms with Crippen LogP contribution in [-0.4, -0.2) is 24.3 Å². The molecule has 0 radical (unpaired) electrons. The Morgan fingerprint density at radius 1 is 1.37 bits per heavy atom. The zero-order valence-corrected chi connectivity index (χ0v) is 12.3. The van der Waals surface area contributed by atoms with Crippen LogP contribution in [0.4, 0.5) is 0 Å². The molecule has 0 aromatic heterocycles. The fraction of sp³-hybridized carbons (Fsp3) is 0.500. The van der Waals surface area contributed by atoms with Crippen LogP contribution in [0.1, 0.15) is 42.2 Å². The first-order chi connectivity index (χ1) is 8.51. The number of benzene rings is 1. The Balaban J connectivity index is 0.00000324. The lowest BCUT2D eigenvalue weighted by Crippen LogP contribution is -2.31. The Hall–Kier alpha value is -1.10. The highest BCUT2D eigenvalue weighted by Gasteiger charge is 2.21. The van der Waals surface area contributed by atoms with Gasteiger partial charge in [-0.1, -0.05) is 32.4 Å². The molecule has 3 atom stereocenters. The topological polar surface area (TPSA) is 72.5 Å². The lowest BCUT2D eigenvalue weighted by molar-refractivity contribution is 0.0600. The molecular formula is C14H22ClNO3. The minimum atomic E-state index is -0.584. The average Bonchev–Trinajstić information content (AvgIpc) is 2.44. The lowest BCUT2D eigenvalue weighted by atomic mass is 9.91.